The second-order valence-electron chi connectivity index (χ2n) is 6.88. The maximum absolute atomic E-state index is 12.6. The highest BCUT2D eigenvalue weighted by Crippen LogP contribution is 2.34. The van der Waals surface area contributed by atoms with E-state index >= 15 is 0 Å². The maximum atomic E-state index is 12.6. The van der Waals surface area contributed by atoms with Crippen molar-refractivity contribution in [1.82, 2.24) is 14.7 Å². The Labute approximate surface area is 169 Å². The number of aromatic nitrogens is 2. The Balaban J connectivity index is 2.12. The van der Waals surface area contributed by atoms with Gasteiger partial charge < -0.3 is 19.2 Å². The summed E-state index contributed by atoms with van der Waals surface area (Å²) in [5, 5.41) is 3.56. The van der Waals surface area contributed by atoms with E-state index in [9.17, 15) is 4.79 Å². The van der Waals surface area contributed by atoms with Crippen molar-refractivity contribution < 1.29 is 14.3 Å². The number of benzene rings is 1. The van der Waals surface area contributed by atoms with E-state index in [4.69, 9.17) is 21.1 Å². The summed E-state index contributed by atoms with van der Waals surface area (Å²) in [7, 11) is 3.21. The van der Waals surface area contributed by atoms with Gasteiger partial charge in [-0.3, -0.25) is 4.79 Å². The highest BCUT2D eigenvalue weighted by molar-refractivity contribution is 6.30. The van der Waals surface area contributed by atoms with Crippen LogP contribution in [0.25, 0.3) is 5.65 Å². The predicted molar refractivity (Wildman–Crippen MR) is 109 cm³/mol. The maximum Gasteiger partial charge on any atom is 0.221 e. The number of amides is 1. The Morgan fingerprint density at radius 3 is 2.46 bits per heavy atom. The number of fused-ring (bicyclic) bond motifs is 1. The molecule has 7 heteroatoms. The van der Waals surface area contributed by atoms with Crippen molar-refractivity contribution in [3.05, 3.63) is 59.0 Å². The molecule has 0 saturated heterocycles. The Kier molecular flexibility index (Phi) is 6.09. The minimum Gasteiger partial charge on any atom is -0.497 e. The molecule has 148 valence electrons. The summed E-state index contributed by atoms with van der Waals surface area (Å²) in [5.41, 5.74) is 2.53. The molecule has 2 aromatic heterocycles. The number of nitrogens with zero attached hydrogens (tertiary/aromatic N) is 2. The number of carbonyl (C=O) groups excluding carboxylic acids is 1. The quantitative estimate of drug-likeness (QED) is 0.648. The molecule has 0 saturated carbocycles. The molecule has 0 aliphatic carbocycles. The lowest BCUT2D eigenvalue weighted by molar-refractivity contribution is -0.121. The van der Waals surface area contributed by atoms with Gasteiger partial charge in [-0.15, -0.1) is 0 Å². The number of imidazole rings is 1. The van der Waals surface area contributed by atoms with Crippen LogP contribution in [0.5, 0.6) is 11.5 Å². The number of rotatable bonds is 7. The van der Waals surface area contributed by atoms with Crippen molar-refractivity contribution in [2.45, 2.75) is 32.2 Å². The number of ether oxygens (including phenoxy) is 2. The first-order valence-corrected chi connectivity index (χ1v) is 9.44. The van der Waals surface area contributed by atoms with Gasteiger partial charge in [-0.25, -0.2) is 4.98 Å². The minimum absolute atomic E-state index is 0.0428. The van der Waals surface area contributed by atoms with Gasteiger partial charge in [0.2, 0.25) is 5.91 Å². The van der Waals surface area contributed by atoms with Crippen LogP contribution in [0.2, 0.25) is 5.02 Å². The molecule has 1 N–H and O–H groups in total. The van der Waals surface area contributed by atoms with Crippen LogP contribution in [0.4, 0.5) is 0 Å². The number of carbonyl (C=O) groups is 1. The molecule has 1 amide bonds. The smallest absolute Gasteiger partial charge is 0.221 e. The topological polar surface area (TPSA) is 64.9 Å². The van der Waals surface area contributed by atoms with Gasteiger partial charge >= 0.3 is 0 Å². The first kappa shape index (κ1) is 20.0. The first-order valence-electron chi connectivity index (χ1n) is 9.06. The van der Waals surface area contributed by atoms with E-state index in [2.05, 4.69) is 10.3 Å². The van der Waals surface area contributed by atoms with Gasteiger partial charge in [0.25, 0.3) is 0 Å². The van der Waals surface area contributed by atoms with Crippen LogP contribution in [-0.2, 0) is 4.79 Å². The zero-order valence-electron chi connectivity index (χ0n) is 16.4. The normalized spacial score (nSPS) is 12.2. The summed E-state index contributed by atoms with van der Waals surface area (Å²) in [5.74, 6) is 1.03. The molecule has 28 heavy (non-hydrogen) atoms. The van der Waals surface area contributed by atoms with E-state index in [1.807, 2.05) is 42.6 Å². The highest BCUT2D eigenvalue weighted by atomic mass is 35.5. The molecule has 1 unspecified atom stereocenters. The molecule has 0 aliphatic heterocycles. The van der Waals surface area contributed by atoms with Crippen molar-refractivity contribution in [2.75, 3.05) is 14.2 Å². The molecular formula is C21H24ClN3O3. The van der Waals surface area contributed by atoms with Crippen LogP contribution in [0, 0.1) is 0 Å². The summed E-state index contributed by atoms with van der Waals surface area (Å²) in [6.45, 7) is 3.88. The van der Waals surface area contributed by atoms with Crippen LogP contribution in [-0.4, -0.2) is 35.6 Å². The third kappa shape index (κ3) is 4.39. The monoisotopic (exact) mass is 401 g/mol. The van der Waals surface area contributed by atoms with Crippen molar-refractivity contribution in [3.63, 3.8) is 0 Å². The van der Waals surface area contributed by atoms with Crippen LogP contribution in [0.3, 0.4) is 0 Å². The fourth-order valence-electron chi connectivity index (χ4n) is 3.22. The van der Waals surface area contributed by atoms with Gasteiger partial charge in [-0.1, -0.05) is 11.6 Å². The van der Waals surface area contributed by atoms with Crippen molar-refractivity contribution in [3.8, 4) is 11.5 Å². The molecule has 1 aromatic carbocycles. The van der Waals surface area contributed by atoms with Crippen molar-refractivity contribution >= 4 is 23.2 Å². The average molecular weight is 402 g/mol. The minimum atomic E-state index is -0.254. The number of nitrogens with one attached hydrogen (secondary N) is 1. The zero-order valence-corrected chi connectivity index (χ0v) is 17.2. The molecule has 1 atom stereocenters. The van der Waals surface area contributed by atoms with E-state index in [0.29, 0.717) is 16.5 Å². The summed E-state index contributed by atoms with van der Waals surface area (Å²) in [6, 6.07) is 9.34. The molecule has 0 radical (unpaired) electrons. The first-order chi connectivity index (χ1) is 13.4. The fraction of sp³-hybridized carbons (Fsp3) is 0.333. The van der Waals surface area contributed by atoms with E-state index in [1.165, 1.54) is 0 Å². The van der Waals surface area contributed by atoms with Gasteiger partial charge in [0.15, 0.2) is 0 Å². The fourth-order valence-corrected chi connectivity index (χ4v) is 3.38. The summed E-state index contributed by atoms with van der Waals surface area (Å²) < 4.78 is 12.8. The van der Waals surface area contributed by atoms with Crippen LogP contribution in [0.1, 0.15) is 37.4 Å². The molecular weight excluding hydrogens is 378 g/mol. The second kappa shape index (κ2) is 8.52. The Bertz CT molecular complexity index is 962. The molecule has 0 bridgehead atoms. The van der Waals surface area contributed by atoms with Gasteiger partial charge in [0.1, 0.15) is 17.1 Å². The number of hydrogen-bond donors (Lipinski definition) is 1. The van der Waals surface area contributed by atoms with Gasteiger partial charge in [0.05, 0.1) is 24.9 Å². The SMILES string of the molecule is COc1cc(OC)cc(C(CC(=O)NC(C)C)c2cnc3ccc(Cl)cn23)c1. The van der Waals surface area contributed by atoms with E-state index in [1.54, 1.807) is 32.5 Å². The van der Waals surface area contributed by atoms with Crippen LogP contribution in [0.15, 0.2) is 42.7 Å². The lowest BCUT2D eigenvalue weighted by Crippen LogP contribution is -2.31. The lowest BCUT2D eigenvalue weighted by atomic mass is 9.91. The molecule has 3 rings (SSSR count). The Morgan fingerprint density at radius 1 is 1.18 bits per heavy atom. The van der Waals surface area contributed by atoms with Crippen LogP contribution >= 0.6 is 11.6 Å². The molecule has 2 heterocycles. The zero-order chi connectivity index (χ0) is 20.3. The number of methoxy groups -OCH3 is 2. The predicted octanol–water partition coefficient (Wildman–Crippen LogP) is 4.05. The van der Waals surface area contributed by atoms with E-state index in [-0.39, 0.29) is 24.3 Å². The largest absolute Gasteiger partial charge is 0.497 e. The summed E-state index contributed by atoms with van der Waals surface area (Å²) in [6.07, 6.45) is 3.85. The van der Waals surface area contributed by atoms with Crippen molar-refractivity contribution in [2.24, 2.45) is 0 Å². The highest BCUT2D eigenvalue weighted by Gasteiger charge is 2.23. The molecule has 0 fully saturated rings. The van der Waals surface area contributed by atoms with E-state index in [0.717, 1.165) is 16.9 Å². The van der Waals surface area contributed by atoms with Crippen LogP contribution < -0.4 is 14.8 Å². The third-order valence-electron chi connectivity index (χ3n) is 4.47. The summed E-state index contributed by atoms with van der Waals surface area (Å²) in [4.78, 5) is 17.1. The molecule has 3 aromatic rings. The molecule has 0 spiro atoms. The third-order valence-corrected chi connectivity index (χ3v) is 4.69. The Morgan fingerprint density at radius 2 is 1.86 bits per heavy atom. The molecule has 0 aliphatic rings. The standard InChI is InChI=1S/C21H24ClN3O3/c1-13(2)24-21(26)10-18(14-7-16(27-3)9-17(8-14)28-4)19-11-23-20-6-5-15(22)12-25(19)20/h5-9,11-13,18H,10H2,1-4H3,(H,24,26). The number of hydrogen-bond acceptors (Lipinski definition) is 4. The van der Waals surface area contributed by atoms with Gasteiger partial charge in [-0.2, -0.15) is 0 Å². The molecule has 6 nitrogen and oxygen atoms in total. The number of pyridine rings is 1. The lowest BCUT2D eigenvalue weighted by Gasteiger charge is -2.20. The van der Waals surface area contributed by atoms with E-state index < -0.39 is 0 Å². The summed E-state index contributed by atoms with van der Waals surface area (Å²) >= 11 is 6.20. The number of halogens is 1. The average Bonchev–Trinajstić information content (AvgIpc) is 3.07. The van der Waals surface area contributed by atoms with Gasteiger partial charge in [-0.05, 0) is 43.7 Å². The second-order valence-corrected chi connectivity index (χ2v) is 7.32. The van der Waals surface area contributed by atoms with Crippen molar-refractivity contribution in [1.29, 1.82) is 0 Å². The van der Waals surface area contributed by atoms with Gasteiger partial charge in [0, 0.05) is 36.8 Å². The Hall–Kier alpha value is -2.73.